The SMILES string of the molecule is N#Cc1cccc(CN2CCC(C(=O)NCc3ccc(F)cc3Cl)=C(N)C2)c1. The number of halogens is 2. The Labute approximate surface area is 168 Å². The van der Waals surface area contributed by atoms with Gasteiger partial charge in [0.2, 0.25) is 5.91 Å². The summed E-state index contributed by atoms with van der Waals surface area (Å²) in [7, 11) is 0. The lowest BCUT2D eigenvalue weighted by molar-refractivity contribution is -0.118. The number of hydrogen-bond acceptors (Lipinski definition) is 4. The fourth-order valence-electron chi connectivity index (χ4n) is 3.18. The molecule has 1 aliphatic heterocycles. The van der Waals surface area contributed by atoms with E-state index in [4.69, 9.17) is 22.6 Å². The predicted octanol–water partition coefficient (Wildman–Crippen LogP) is 3.09. The molecule has 2 aromatic rings. The van der Waals surface area contributed by atoms with Gasteiger partial charge in [-0.2, -0.15) is 5.26 Å². The van der Waals surface area contributed by atoms with Crippen LogP contribution < -0.4 is 11.1 Å². The minimum absolute atomic E-state index is 0.208. The fraction of sp³-hybridized carbons (Fsp3) is 0.238. The van der Waals surface area contributed by atoms with Gasteiger partial charge in [-0.25, -0.2) is 4.39 Å². The van der Waals surface area contributed by atoms with Gasteiger partial charge in [-0.15, -0.1) is 0 Å². The first-order valence-electron chi connectivity index (χ1n) is 8.87. The summed E-state index contributed by atoms with van der Waals surface area (Å²) in [6.45, 7) is 2.05. The maximum absolute atomic E-state index is 13.1. The van der Waals surface area contributed by atoms with Gasteiger partial charge in [0.05, 0.1) is 11.6 Å². The van der Waals surface area contributed by atoms with Crippen LogP contribution in [0.4, 0.5) is 4.39 Å². The van der Waals surface area contributed by atoms with Crippen LogP contribution in [-0.4, -0.2) is 23.9 Å². The lowest BCUT2D eigenvalue weighted by Crippen LogP contribution is -2.38. The minimum Gasteiger partial charge on any atom is -0.401 e. The van der Waals surface area contributed by atoms with E-state index in [9.17, 15) is 9.18 Å². The number of hydrogen-bond donors (Lipinski definition) is 2. The van der Waals surface area contributed by atoms with Crippen LogP contribution in [0.5, 0.6) is 0 Å². The quantitative estimate of drug-likeness (QED) is 0.810. The number of nitrogens with one attached hydrogen (secondary N) is 1. The highest BCUT2D eigenvalue weighted by atomic mass is 35.5. The Morgan fingerprint density at radius 2 is 2.14 bits per heavy atom. The van der Waals surface area contributed by atoms with Gasteiger partial charge in [-0.1, -0.05) is 29.8 Å². The number of carbonyl (C=O) groups is 1. The van der Waals surface area contributed by atoms with Crippen LogP contribution in [0.2, 0.25) is 5.02 Å². The van der Waals surface area contributed by atoms with E-state index in [-0.39, 0.29) is 17.5 Å². The van der Waals surface area contributed by atoms with Crippen molar-refractivity contribution in [1.29, 1.82) is 5.26 Å². The van der Waals surface area contributed by atoms with Crippen molar-refractivity contribution in [1.82, 2.24) is 10.2 Å². The van der Waals surface area contributed by atoms with Crippen molar-refractivity contribution >= 4 is 17.5 Å². The lowest BCUT2D eigenvalue weighted by atomic mass is 10.0. The van der Waals surface area contributed by atoms with E-state index < -0.39 is 5.82 Å². The maximum atomic E-state index is 13.1. The number of amides is 1. The first-order valence-corrected chi connectivity index (χ1v) is 9.25. The summed E-state index contributed by atoms with van der Waals surface area (Å²) in [5.74, 6) is -0.649. The molecule has 0 atom stereocenters. The van der Waals surface area contributed by atoms with Gasteiger partial charge >= 0.3 is 0 Å². The molecular formula is C21H20ClFN4O. The van der Waals surface area contributed by atoms with Gasteiger partial charge in [-0.05, 0) is 41.8 Å². The smallest absolute Gasteiger partial charge is 0.249 e. The maximum Gasteiger partial charge on any atom is 0.249 e. The monoisotopic (exact) mass is 398 g/mol. The van der Waals surface area contributed by atoms with Gasteiger partial charge in [0, 0.05) is 42.5 Å². The Bertz CT molecular complexity index is 967. The molecule has 0 aliphatic carbocycles. The molecule has 0 bridgehead atoms. The number of nitrogens with zero attached hydrogens (tertiary/aromatic N) is 2. The second-order valence-corrected chi connectivity index (χ2v) is 7.10. The van der Waals surface area contributed by atoms with E-state index in [1.54, 1.807) is 12.1 Å². The Balaban J connectivity index is 1.59. The average Bonchev–Trinajstić information content (AvgIpc) is 2.67. The number of nitriles is 1. The summed E-state index contributed by atoms with van der Waals surface area (Å²) in [6.07, 6.45) is 0.534. The zero-order valence-corrected chi connectivity index (χ0v) is 16.0. The molecule has 0 unspecified atom stereocenters. The van der Waals surface area contributed by atoms with Gasteiger partial charge in [0.15, 0.2) is 0 Å². The Hall–Kier alpha value is -2.88. The van der Waals surface area contributed by atoms with E-state index in [2.05, 4.69) is 16.3 Å². The van der Waals surface area contributed by atoms with Crippen molar-refractivity contribution in [3.63, 3.8) is 0 Å². The van der Waals surface area contributed by atoms with Crippen LogP contribution in [0.3, 0.4) is 0 Å². The van der Waals surface area contributed by atoms with Crippen molar-refractivity contribution in [3.05, 3.63) is 81.3 Å². The minimum atomic E-state index is -0.417. The molecule has 0 aromatic heterocycles. The summed E-state index contributed by atoms with van der Waals surface area (Å²) in [5.41, 5.74) is 9.55. The van der Waals surface area contributed by atoms with Gasteiger partial charge < -0.3 is 11.1 Å². The van der Waals surface area contributed by atoms with Crippen LogP contribution in [0.15, 0.2) is 53.7 Å². The third kappa shape index (κ3) is 4.89. The molecule has 3 N–H and O–H groups in total. The highest BCUT2D eigenvalue weighted by Gasteiger charge is 2.22. The van der Waals surface area contributed by atoms with Crippen LogP contribution in [0, 0.1) is 17.1 Å². The van der Waals surface area contributed by atoms with E-state index in [1.807, 2.05) is 18.2 Å². The topological polar surface area (TPSA) is 82.2 Å². The molecule has 0 saturated heterocycles. The first-order chi connectivity index (χ1) is 13.5. The first kappa shape index (κ1) is 19.9. The third-order valence-corrected chi connectivity index (χ3v) is 5.00. The van der Waals surface area contributed by atoms with E-state index in [1.165, 1.54) is 12.1 Å². The Kier molecular flexibility index (Phi) is 6.30. The predicted molar refractivity (Wildman–Crippen MR) is 106 cm³/mol. The molecule has 1 heterocycles. The molecule has 0 fully saturated rings. The van der Waals surface area contributed by atoms with Gasteiger partial charge in [0.25, 0.3) is 0 Å². The van der Waals surface area contributed by atoms with Crippen molar-refractivity contribution in [2.24, 2.45) is 5.73 Å². The molecule has 7 heteroatoms. The van der Waals surface area contributed by atoms with Crippen molar-refractivity contribution < 1.29 is 9.18 Å². The molecule has 0 radical (unpaired) electrons. The van der Waals surface area contributed by atoms with E-state index >= 15 is 0 Å². The highest BCUT2D eigenvalue weighted by molar-refractivity contribution is 6.31. The Morgan fingerprint density at radius 3 is 2.86 bits per heavy atom. The molecule has 28 heavy (non-hydrogen) atoms. The molecule has 5 nitrogen and oxygen atoms in total. The largest absolute Gasteiger partial charge is 0.401 e. The molecular weight excluding hydrogens is 379 g/mol. The molecule has 0 spiro atoms. The number of rotatable bonds is 5. The fourth-order valence-corrected chi connectivity index (χ4v) is 3.42. The number of benzene rings is 2. The molecule has 1 amide bonds. The summed E-state index contributed by atoms with van der Waals surface area (Å²) in [6, 6.07) is 13.7. The van der Waals surface area contributed by atoms with Crippen LogP contribution in [-0.2, 0) is 17.9 Å². The molecule has 0 saturated carbocycles. The van der Waals surface area contributed by atoms with E-state index in [0.29, 0.717) is 48.5 Å². The summed E-state index contributed by atoms with van der Waals surface area (Å²) in [4.78, 5) is 14.6. The van der Waals surface area contributed by atoms with Gasteiger partial charge in [-0.3, -0.25) is 9.69 Å². The molecule has 144 valence electrons. The highest BCUT2D eigenvalue weighted by Crippen LogP contribution is 2.20. The molecule has 3 rings (SSSR count). The lowest BCUT2D eigenvalue weighted by Gasteiger charge is -2.29. The van der Waals surface area contributed by atoms with Crippen LogP contribution in [0.1, 0.15) is 23.1 Å². The third-order valence-electron chi connectivity index (χ3n) is 4.65. The summed E-state index contributed by atoms with van der Waals surface area (Å²) >= 11 is 5.99. The van der Waals surface area contributed by atoms with Crippen molar-refractivity contribution in [2.45, 2.75) is 19.5 Å². The normalized spacial score (nSPS) is 14.6. The zero-order valence-electron chi connectivity index (χ0n) is 15.2. The van der Waals surface area contributed by atoms with Gasteiger partial charge in [0.1, 0.15) is 5.82 Å². The second kappa shape index (κ2) is 8.87. The number of nitrogens with two attached hydrogens (primary N) is 1. The summed E-state index contributed by atoms with van der Waals surface area (Å²) < 4.78 is 13.1. The summed E-state index contributed by atoms with van der Waals surface area (Å²) in [5, 5.41) is 12.1. The standard InChI is InChI=1S/C21H20ClFN4O/c22-19-9-17(23)5-4-16(19)11-26-21(28)18-6-7-27(13-20(18)25)12-15-3-1-2-14(8-15)10-24/h1-5,8-9H,6-7,11-13,25H2,(H,26,28). The van der Waals surface area contributed by atoms with Crippen molar-refractivity contribution in [2.75, 3.05) is 13.1 Å². The Morgan fingerprint density at radius 1 is 1.32 bits per heavy atom. The van der Waals surface area contributed by atoms with Crippen molar-refractivity contribution in [3.8, 4) is 6.07 Å². The number of carbonyl (C=O) groups excluding carboxylic acids is 1. The van der Waals surface area contributed by atoms with Crippen LogP contribution in [0.25, 0.3) is 0 Å². The van der Waals surface area contributed by atoms with E-state index in [0.717, 1.165) is 5.56 Å². The molecule has 2 aromatic carbocycles. The van der Waals surface area contributed by atoms with Crippen LogP contribution >= 0.6 is 11.6 Å². The average molecular weight is 399 g/mol. The second-order valence-electron chi connectivity index (χ2n) is 6.70. The zero-order chi connectivity index (χ0) is 20.1. The molecule has 1 aliphatic rings.